The molecule has 11 heavy (non-hydrogen) atoms. The van der Waals surface area contributed by atoms with Crippen LogP contribution in [0.3, 0.4) is 0 Å². The molecule has 64 valence electrons. The highest BCUT2D eigenvalue weighted by atomic mass is 16.3. The maximum Gasteiger partial charge on any atom is 0.331 e. The first-order valence-corrected chi connectivity index (χ1v) is 3.44. The summed E-state index contributed by atoms with van der Waals surface area (Å²) in [5, 5.41) is 15.3. The monoisotopic (exact) mass is 160 g/mol. The zero-order valence-corrected chi connectivity index (χ0v) is 6.13. The molecule has 0 radical (unpaired) electrons. The molecule has 0 aromatic carbocycles. The SMILES string of the molecule is O=C(NCO)NN1CCNC1. The van der Waals surface area contributed by atoms with Crippen LogP contribution in [0, 0.1) is 0 Å². The number of aliphatic hydroxyl groups excluding tert-OH is 1. The smallest absolute Gasteiger partial charge is 0.331 e. The Bertz CT molecular complexity index is 134. The second-order valence-electron chi connectivity index (χ2n) is 2.20. The molecule has 0 aliphatic carbocycles. The van der Waals surface area contributed by atoms with Gasteiger partial charge in [-0.3, -0.25) is 5.43 Å². The highest BCUT2D eigenvalue weighted by molar-refractivity contribution is 5.73. The van der Waals surface area contributed by atoms with E-state index in [1.54, 1.807) is 5.01 Å². The van der Waals surface area contributed by atoms with Crippen LogP contribution in [0.4, 0.5) is 4.79 Å². The first-order valence-electron chi connectivity index (χ1n) is 3.44. The Labute approximate surface area is 64.5 Å². The Morgan fingerprint density at radius 3 is 3.09 bits per heavy atom. The number of aliphatic hydroxyl groups is 1. The van der Waals surface area contributed by atoms with E-state index in [4.69, 9.17) is 5.11 Å². The van der Waals surface area contributed by atoms with E-state index in [2.05, 4.69) is 16.1 Å². The van der Waals surface area contributed by atoms with Crippen LogP contribution in [0.25, 0.3) is 0 Å². The standard InChI is InChI=1S/C5H12N4O2/c10-4-7-5(11)8-9-2-1-6-3-9/h6,10H,1-4H2,(H2,7,8,11). The third-order valence-electron chi connectivity index (χ3n) is 1.36. The summed E-state index contributed by atoms with van der Waals surface area (Å²) in [7, 11) is 0. The minimum absolute atomic E-state index is 0.340. The second-order valence-corrected chi connectivity index (χ2v) is 2.20. The van der Waals surface area contributed by atoms with E-state index >= 15 is 0 Å². The van der Waals surface area contributed by atoms with Crippen LogP contribution in [-0.2, 0) is 0 Å². The lowest BCUT2D eigenvalue weighted by atomic mass is 10.7. The Hall–Kier alpha value is -0.850. The number of nitrogens with one attached hydrogen (secondary N) is 3. The number of hydrogen-bond acceptors (Lipinski definition) is 4. The first kappa shape index (κ1) is 8.25. The lowest BCUT2D eigenvalue weighted by Gasteiger charge is -2.14. The summed E-state index contributed by atoms with van der Waals surface area (Å²) in [6, 6.07) is -0.379. The molecule has 2 amide bonds. The van der Waals surface area contributed by atoms with Crippen LogP contribution in [0.5, 0.6) is 0 Å². The minimum Gasteiger partial charge on any atom is -0.376 e. The Balaban J connectivity index is 2.13. The van der Waals surface area contributed by atoms with Crippen LogP contribution in [0.2, 0.25) is 0 Å². The van der Waals surface area contributed by atoms with Crippen molar-refractivity contribution in [2.45, 2.75) is 0 Å². The van der Waals surface area contributed by atoms with Gasteiger partial charge in [-0.05, 0) is 0 Å². The van der Waals surface area contributed by atoms with Crippen molar-refractivity contribution < 1.29 is 9.90 Å². The number of urea groups is 1. The van der Waals surface area contributed by atoms with Gasteiger partial charge in [-0.2, -0.15) is 0 Å². The first-order chi connectivity index (χ1) is 5.33. The summed E-state index contributed by atoms with van der Waals surface area (Å²) in [5.41, 5.74) is 2.54. The van der Waals surface area contributed by atoms with Gasteiger partial charge in [0.05, 0.1) is 6.67 Å². The van der Waals surface area contributed by atoms with E-state index in [9.17, 15) is 4.79 Å². The maximum absolute atomic E-state index is 10.7. The quantitative estimate of drug-likeness (QED) is 0.353. The highest BCUT2D eigenvalue weighted by Gasteiger charge is 2.11. The molecule has 6 nitrogen and oxygen atoms in total. The molecule has 1 aliphatic heterocycles. The van der Waals surface area contributed by atoms with Crippen LogP contribution in [0.15, 0.2) is 0 Å². The molecule has 0 aromatic heterocycles. The zero-order chi connectivity index (χ0) is 8.10. The fraction of sp³-hybridized carbons (Fsp3) is 0.800. The molecular weight excluding hydrogens is 148 g/mol. The summed E-state index contributed by atoms with van der Waals surface area (Å²) in [6.45, 7) is 1.98. The summed E-state index contributed by atoms with van der Waals surface area (Å²) >= 11 is 0. The van der Waals surface area contributed by atoms with Crippen molar-refractivity contribution >= 4 is 6.03 Å². The van der Waals surface area contributed by atoms with E-state index in [0.29, 0.717) is 6.67 Å². The number of carbonyl (C=O) groups is 1. The summed E-state index contributed by atoms with van der Waals surface area (Å²) in [6.07, 6.45) is 0. The van der Waals surface area contributed by atoms with Gasteiger partial charge in [0, 0.05) is 13.1 Å². The normalized spacial score (nSPS) is 18.3. The van der Waals surface area contributed by atoms with Gasteiger partial charge in [-0.25, -0.2) is 9.80 Å². The molecule has 1 rings (SSSR count). The van der Waals surface area contributed by atoms with Gasteiger partial charge in [0.25, 0.3) is 0 Å². The molecule has 1 aliphatic rings. The van der Waals surface area contributed by atoms with E-state index in [-0.39, 0.29) is 12.8 Å². The molecule has 4 N–H and O–H groups in total. The van der Waals surface area contributed by atoms with Crippen LogP contribution < -0.4 is 16.1 Å². The Morgan fingerprint density at radius 1 is 1.73 bits per heavy atom. The van der Waals surface area contributed by atoms with Gasteiger partial charge >= 0.3 is 6.03 Å². The molecule has 1 saturated heterocycles. The fourth-order valence-electron chi connectivity index (χ4n) is 0.857. The summed E-state index contributed by atoms with van der Waals surface area (Å²) < 4.78 is 0. The highest BCUT2D eigenvalue weighted by Crippen LogP contribution is 1.85. The van der Waals surface area contributed by atoms with Crippen molar-refractivity contribution in [3.8, 4) is 0 Å². The van der Waals surface area contributed by atoms with Crippen molar-refractivity contribution in [1.82, 2.24) is 21.1 Å². The number of nitrogens with zero attached hydrogens (tertiary/aromatic N) is 1. The van der Waals surface area contributed by atoms with Gasteiger partial charge in [0.2, 0.25) is 0 Å². The second kappa shape index (κ2) is 4.12. The van der Waals surface area contributed by atoms with E-state index < -0.39 is 0 Å². The van der Waals surface area contributed by atoms with Crippen LogP contribution >= 0.6 is 0 Å². The number of carbonyl (C=O) groups excluding carboxylic acids is 1. The summed E-state index contributed by atoms with van der Waals surface area (Å²) in [5.74, 6) is 0. The predicted octanol–water partition coefficient (Wildman–Crippen LogP) is -1.99. The van der Waals surface area contributed by atoms with Crippen molar-refractivity contribution in [1.29, 1.82) is 0 Å². The fourth-order valence-corrected chi connectivity index (χ4v) is 0.857. The molecule has 6 heteroatoms. The molecule has 0 bridgehead atoms. The average molecular weight is 160 g/mol. The minimum atomic E-state index is -0.379. The van der Waals surface area contributed by atoms with Gasteiger partial charge in [-0.1, -0.05) is 0 Å². The topological polar surface area (TPSA) is 76.6 Å². The predicted molar refractivity (Wildman–Crippen MR) is 38.3 cm³/mol. The van der Waals surface area contributed by atoms with Gasteiger partial charge in [0.1, 0.15) is 6.73 Å². The molecule has 1 fully saturated rings. The lowest BCUT2D eigenvalue weighted by Crippen LogP contribution is -2.46. The average Bonchev–Trinajstić information content (AvgIpc) is 2.40. The molecule has 0 spiro atoms. The third kappa shape index (κ3) is 2.71. The van der Waals surface area contributed by atoms with Crippen LogP contribution in [0.1, 0.15) is 0 Å². The Kier molecular flexibility index (Phi) is 3.09. The molecule has 0 atom stereocenters. The van der Waals surface area contributed by atoms with E-state index in [1.807, 2.05) is 0 Å². The Morgan fingerprint density at radius 2 is 2.55 bits per heavy atom. The van der Waals surface area contributed by atoms with Crippen molar-refractivity contribution in [3.63, 3.8) is 0 Å². The molecular formula is C5H12N4O2. The number of amides is 2. The van der Waals surface area contributed by atoms with Crippen molar-refractivity contribution in [3.05, 3.63) is 0 Å². The van der Waals surface area contributed by atoms with Crippen molar-refractivity contribution in [2.24, 2.45) is 0 Å². The van der Waals surface area contributed by atoms with E-state index in [1.165, 1.54) is 0 Å². The van der Waals surface area contributed by atoms with Gasteiger partial charge in [0.15, 0.2) is 0 Å². The molecule has 0 saturated carbocycles. The maximum atomic E-state index is 10.7. The lowest BCUT2D eigenvalue weighted by molar-refractivity contribution is 0.182. The summed E-state index contributed by atoms with van der Waals surface area (Å²) in [4.78, 5) is 10.7. The van der Waals surface area contributed by atoms with Crippen molar-refractivity contribution in [2.75, 3.05) is 26.5 Å². The van der Waals surface area contributed by atoms with Gasteiger partial charge in [-0.15, -0.1) is 0 Å². The zero-order valence-electron chi connectivity index (χ0n) is 6.13. The largest absolute Gasteiger partial charge is 0.376 e. The molecule has 1 heterocycles. The number of hydrazine groups is 1. The molecule has 0 unspecified atom stereocenters. The third-order valence-corrected chi connectivity index (χ3v) is 1.36. The van der Waals surface area contributed by atoms with E-state index in [0.717, 1.165) is 13.1 Å². The number of hydrogen-bond donors (Lipinski definition) is 4. The number of rotatable bonds is 2. The molecule has 0 aromatic rings. The van der Waals surface area contributed by atoms with Gasteiger partial charge < -0.3 is 15.7 Å². The van der Waals surface area contributed by atoms with Crippen LogP contribution in [-0.4, -0.2) is 42.6 Å².